The first-order chi connectivity index (χ1) is 8.59. The van der Waals surface area contributed by atoms with Gasteiger partial charge >= 0.3 is 0 Å². The van der Waals surface area contributed by atoms with Gasteiger partial charge in [-0.3, -0.25) is 0 Å². The zero-order chi connectivity index (χ0) is 13.2. The van der Waals surface area contributed by atoms with Crippen molar-refractivity contribution >= 4 is 15.7 Å². The molecule has 0 aromatic heterocycles. The van der Waals surface area contributed by atoms with Gasteiger partial charge in [0.2, 0.25) is 10.0 Å². The van der Waals surface area contributed by atoms with E-state index in [9.17, 15) is 8.42 Å². The molecule has 0 amide bonds. The van der Waals surface area contributed by atoms with E-state index in [1.807, 2.05) is 6.07 Å². The summed E-state index contributed by atoms with van der Waals surface area (Å²) in [6.45, 7) is 2.93. The Bertz CT molecular complexity index is 528. The summed E-state index contributed by atoms with van der Waals surface area (Å²) in [4.78, 5) is 0.283. The van der Waals surface area contributed by atoms with Crippen LogP contribution in [0.1, 0.15) is 12.5 Å². The number of nitrogens with zero attached hydrogens (tertiary/aromatic N) is 1. The number of anilines is 1. The maximum absolute atomic E-state index is 12.3. The fourth-order valence-electron chi connectivity index (χ4n) is 2.14. The highest BCUT2D eigenvalue weighted by molar-refractivity contribution is 7.89. The molecule has 0 unspecified atom stereocenters. The number of aliphatic hydroxyl groups excluding tert-OH is 1. The van der Waals surface area contributed by atoms with Crippen LogP contribution in [-0.2, 0) is 16.4 Å². The Morgan fingerprint density at radius 3 is 2.89 bits per heavy atom. The number of rotatable bonds is 5. The molecule has 1 aromatic rings. The van der Waals surface area contributed by atoms with Crippen molar-refractivity contribution in [3.8, 4) is 0 Å². The fraction of sp³-hybridized carbons (Fsp3) is 0.500. The zero-order valence-corrected chi connectivity index (χ0v) is 11.2. The molecule has 2 N–H and O–H groups in total. The molecule has 0 spiro atoms. The fourth-order valence-corrected chi connectivity index (χ4v) is 3.61. The van der Waals surface area contributed by atoms with E-state index in [-0.39, 0.29) is 18.0 Å². The van der Waals surface area contributed by atoms with Gasteiger partial charge in [-0.2, -0.15) is 4.31 Å². The summed E-state index contributed by atoms with van der Waals surface area (Å²) in [5.74, 6) is 0. The molecule has 2 rings (SSSR count). The quantitative estimate of drug-likeness (QED) is 0.824. The number of likely N-dealkylation sites (N-methyl/N-ethyl adjacent to an activating group) is 1. The molecule has 1 aliphatic rings. The van der Waals surface area contributed by atoms with Crippen LogP contribution >= 0.6 is 0 Å². The Morgan fingerprint density at radius 2 is 2.22 bits per heavy atom. The first kappa shape index (κ1) is 13.3. The van der Waals surface area contributed by atoms with Crippen molar-refractivity contribution in [2.75, 3.05) is 31.6 Å². The van der Waals surface area contributed by atoms with E-state index in [0.717, 1.165) is 24.2 Å². The minimum absolute atomic E-state index is 0.128. The highest BCUT2D eigenvalue weighted by Crippen LogP contribution is 2.26. The molecule has 0 saturated heterocycles. The van der Waals surface area contributed by atoms with Crippen LogP contribution in [0.25, 0.3) is 0 Å². The lowest BCUT2D eigenvalue weighted by molar-refractivity contribution is 0.257. The third-order valence-electron chi connectivity index (χ3n) is 3.13. The molecule has 0 radical (unpaired) electrons. The number of sulfonamides is 1. The maximum Gasteiger partial charge on any atom is 0.243 e. The van der Waals surface area contributed by atoms with Crippen molar-refractivity contribution in [2.24, 2.45) is 0 Å². The minimum Gasteiger partial charge on any atom is -0.395 e. The number of fused-ring (bicyclic) bond motifs is 1. The van der Waals surface area contributed by atoms with Crippen LogP contribution in [0.15, 0.2) is 23.1 Å². The summed E-state index contributed by atoms with van der Waals surface area (Å²) in [7, 11) is -3.50. The van der Waals surface area contributed by atoms with E-state index in [4.69, 9.17) is 5.11 Å². The van der Waals surface area contributed by atoms with Gasteiger partial charge in [0, 0.05) is 25.3 Å². The Labute approximate surface area is 107 Å². The Kier molecular flexibility index (Phi) is 3.89. The van der Waals surface area contributed by atoms with Gasteiger partial charge in [0.1, 0.15) is 0 Å². The van der Waals surface area contributed by atoms with Crippen LogP contribution in [0.5, 0.6) is 0 Å². The van der Waals surface area contributed by atoms with E-state index >= 15 is 0 Å². The van der Waals surface area contributed by atoms with E-state index in [0.29, 0.717) is 6.54 Å². The maximum atomic E-state index is 12.3. The van der Waals surface area contributed by atoms with E-state index in [1.165, 1.54) is 4.31 Å². The Balaban J connectivity index is 2.35. The summed E-state index contributed by atoms with van der Waals surface area (Å²) in [5, 5.41) is 12.1. The largest absolute Gasteiger partial charge is 0.395 e. The molecule has 1 aliphatic heterocycles. The SMILES string of the molecule is CCN(CCO)S(=O)(=O)c1ccc2c(c1)NCC2. The molecular formula is C12H18N2O3S. The van der Waals surface area contributed by atoms with Crippen LogP contribution in [0.4, 0.5) is 5.69 Å². The second-order valence-corrected chi connectivity index (χ2v) is 6.15. The molecule has 1 aromatic carbocycles. The molecule has 6 heteroatoms. The van der Waals surface area contributed by atoms with Crippen molar-refractivity contribution in [3.05, 3.63) is 23.8 Å². The van der Waals surface area contributed by atoms with Gasteiger partial charge in [0.05, 0.1) is 11.5 Å². The lowest BCUT2D eigenvalue weighted by atomic mass is 10.2. The summed E-state index contributed by atoms with van der Waals surface area (Å²) in [6.07, 6.45) is 0.934. The zero-order valence-electron chi connectivity index (χ0n) is 10.4. The van der Waals surface area contributed by atoms with Gasteiger partial charge in [0.15, 0.2) is 0 Å². The molecule has 0 saturated carbocycles. The summed E-state index contributed by atoms with van der Waals surface area (Å²) >= 11 is 0. The van der Waals surface area contributed by atoms with E-state index < -0.39 is 10.0 Å². The molecule has 5 nitrogen and oxygen atoms in total. The predicted octanol–water partition coefficient (Wildman–Crippen LogP) is 0.657. The number of hydrogen-bond donors (Lipinski definition) is 2. The summed E-state index contributed by atoms with van der Waals surface area (Å²) in [5.41, 5.74) is 2.05. The molecule has 0 atom stereocenters. The van der Waals surface area contributed by atoms with Gasteiger partial charge in [-0.05, 0) is 24.1 Å². The molecule has 0 fully saturated rings. The first-order valence-electron chi connectivity index (χ1n) is 6.07. The Morgan fingerprint density at radius 1 is 1.44 bits per heavy atom. The number of benzene rings is 1. The normalized spacial score (nSPS) is 14.6. The third kappa shape index (κ3) is 2.36. The molecule has 0 bridgehead atoms. The topological polar surface area (TPSA) is 69.6 Å². The molecular weight excluding hydrogens is 252 g/mol. The van der Waals surface area contributed by atoms with Crippen molar-refractivity contribution in [1.29, 1.82) is 0 Å². The molecule has 100 valence electrons. The summed E-state index contributed by atoms with van der Waals surface area (Å²) < 4.78 is 26.0. The monoisotopic (exact) mass is 270 g/mol. The lowest BCUT2D eigenvalue weighted by Gasteiger charge is -2.19. The van der Waals surface area contributed by atoms with Crippen molar-refractivity contribution < 1.29 is 13.5 Å². The van der Waals surface area contributed by atoms with Crippen LogP contribution in [0.2, 0.25) is 0 Å². The molecule has 1 heterocycles. The standard InChI is InChI=1S/C12H18N2O3S/c1-2-14(7-8-15)18(16,17)11-4-3-10-5-6-13-12(10)9-11/h3-4,9,13,15H,2,5-8H2,1H3. The van der Waals surface area contributed by atoms with Crippen molar-refractivity contribution in [2.45, 2.75) is 18.2 Å². The Hall–Kier alpha value is -1.11. The van der Waals surface area contributed by atoms with Crippen molar-refractivity contribution in [1.82, 2.24) is 4.31 Å². The average molecular weight is 270 g/mol. The van der Waals surface area contributed by atoms with Gasteiger partial charge < -0.3 is 10.4 Å². The second kappa shape index (κ2) is 5.26. The van der Waals surface area contributed by atoms with Crippen LogP contribution in [0.3, 0.4) is 0 Å². The van der Waals surface area contributed by atoms with Gasteiger partial charge in [-0.25, -0.2) is 8.42 Å². The number of hydrogen-bond acceptors (Lipinski definition) is 4. The highest BCUT2D eigenvalue weighted by Gasteiger charge is 2.24. The highest BCUT2D eigenvalue weighted by atomic mass is 32.2. The average Bonchev–Trinajstić information content (AvgIpc) is 2.82. The minimum atomic E-state index is -3.50. The second-order valence-electron chi connectivity index (χ2n) is 4.22. The predicted molar refractivity (Wildman–Crippen MR) is 70.2 cm³/mol. The van der Waals surface area contributed by atoms with Crippen molar-refractivity contribution in [3.63, 3.8) is 0 Å². The molecule has 0 aliphatic carbocycles. The lowest BCUT2D eigenvalue weighted by Crippen LogP contribution is -2.33. The molecule has 18 heavy (non-hydrogen) atoms. The van der Waals surface area contributed by atoms with Crippen LogP contribution in [0, 0.1) is 0 Å². The summed E-state index contributed by atoms with van der Waals surface area (Å²) in [6, 6.07) is 5.17. The van der Waals surface area contributed by atoms with Gasteiger partial charge in [-0.15, -0.1) is 0 Å². The van der Waals surface area contributed by atoms with E-state index in [2.05, 4.69) is 5.32 Å². The smallest absolute Gasteiger partial charge is 0.243 e. The number of aliphatic hydroxyl groups is 1. The first-order valence-corrected chi connectivity index (χ1v) is 7.51. The van der Waals surface area contributed by atoms with Crippen LogP contribution in [-0.4, -0.2) is 44.1 Å². The van der Waals surface area contributed by atoms with Gasteiger partial charge in [-0.1, -0.05) is 13.0 Å². The third-order valence-corrected chi connectivity index (χ3v) is 5.10. The number of nitrogens with one attached hydrogen (secondary N) is 1. The van der Waals surface area contributed by atoms with E-state index in [1.54, 1.807) is 19.1 Å². The van der Waals surface area contributed by atoms with Gasteiger partial charge in [0.25, 0.3) is 0 Å². The van der Waals surface area contributed by atoms with Crippen LogP contribution < -0.4 is 5.32 Å².